The summed E-state index contributed by atoms with van der Waals surface area (Å²) in [6.45, 7) is -0.336. The zero-order valence-corrected chi connectivity index (χ0v) is 20.7. The number of alkyl halides is 3. The lowest BCUT2D eigenvalue weighted by Gasteiger charge is -2.29. The van der Waals surface area contributed by atoms with Gasteiger partial charge in [-0.3, -0.25) is 9.36 Å². The number of nitrogens with two attached hydrogens (primary N) is 1. The Hall–Kier alpha value is -4.74. The van der Waals surface area contributed by atoms with Crippen molar-refractivity contribution < 1.29 is 31.5 Å². The molecule has 4 aromatic rings. The van der Waals surface area contributed by atoms with E-state index in [4.69, 9.17) is 10.5 Å². The number of carbonyl (C=O) groups excluding carboxylic acids is 1. The van der Waals surface area contributed by atoms with Crippen molar-refractivity contribution in [2.45, 2.75) is 25.2 Å². The van der Waals surface area contributed by atoms with Gasteiger partial charge in [0.1, 0.15) is 0 Å². The number of rotatable bonds is 4. The number of nitrogens with zero attached hydrogens (tertiary/aromatic N) is 3. The number of ether oxygens (including phenoxy) is 1. The normalized spacial score (nSPS) is 13.3. The number of aromatic nitrogens is 2. The van der Waals surface area contributed by atoms with E-state index in [-0.39, 0.29) is 43.3 Å². The lowest BCUT2D eigenvalue weighted by molar-refractivity contribution is -0.138. The molecule has 2 N–H and O–H groups in total. The molecular formula is C28H21F5N4O3. The zero-order chi connectivity index (χ0) is 28.6. The van der Waals surface area contributed by atoms with Gasteiger partial charge in [0.15, 0.2) is 11.6 Å². The van der Waals surface area contributed by atoms with Crippen LogP contribution < -0.4 is 16.0 Å². The summed E-state index contributed by atoms with van der Waals surface area (Å²) in [5.74, 6) is -4.75. The van der Waals surface area contributed by atoms with Gasteiger partial charge in [-0.15, -0.1) is 0 Å². The van der Waals surface area contributed by atoms with Crippen molar-refractivity contribution in [3.63, 3.8) is 0 Å². The molecule has 0 aliphatic carbocycles. The summed E-state index contributed by atoms with van der Waals surface area (Å²) in [7, 11) is 0. The highest BCUT2D eigenvalue weighted by atomic mass is 19.4. The molecule has 0 radical (unpaired) electrons. The van der Waals surface area contributed by atoms with Gasteiger partial charge in [-0.2, -0.15) is 13.2 Å². The fraction of sp³-hybridized carbons (Fsp3) is 0.179. The van der Waals surface area contributed by atoms with Gasteiger partial charge in [0, 0.05) is 12.1 Å². The molecule has 1 aliphatic heterocycles. The van der Waals surface area contributed by atoms with Gasteiger partial charge < -0.3 is 15.4 Å². The average molecular weight is 556 g/mol. The Bertz CT molecular complexity index is 1560. The fourth-order valence-electron chi connectivity index (χ4n) is 4.66. The molecule has 1 aromatic heterocycles. The smallest absolute Gasteiger partial charge is 0.404 e. The van der Waals surface area contributed by atoms with Crippen molar-refractivity contribution in [3.05, 3.63) is 123 Å². The Morgan fingerprint density at radius 2 is 1.50 bits per heavy atom. The van der Waals surface area contributed by atoms with Gasteiger partial charge in [-0.1, -0.05) is 60.7 Å². The topological polar surface area (TPSA) is 90.5 Å². The van der Waals surface area contributed by atoms with Crippen molar-refractivity contribution in [1.29, 1.82) is 0 Å². The molecule has 0 atom stereocenters. The molecule has 40 heavy (non-hydrogen) atoms. The zero-order valence-electron chi connectivity index (χ0n) is 20.7. The highest BCUT2D eigenvalue weighted by molar-refractivity contribution is 5.71. The second-order valence-corrected chi connectivity index (χ2v) is 9.10. The number of fused-ring (bicyclic) bond motifs is 1. The number of halogens is 5. The van der Waals surface area contributed by atoms with Gasteiger partial charge >= 0.3 is 12.3 Å². The van der Waals surface area contributed by atoms with E-state index in [0.29, 0.717) is 5.56 Å². The molecule has 7 nitrogen and oxygen atoms in total. The lowest BCUT2D eigenvalue weighted by Crippen LogP contribution is -2.43. The molecule has 0 unspecified atom stereocenters. The number of carbonyl (C=O) groups is 1. The summed E-state index contributed by atoms with van der Waals surface area (Å²) < 4.78 is 73.0. The number of nitrogen functional groups attached to an aromatic ring is 1. The van der Waals surface area contributed by atoms with E-state index < -0.39 is 46.8 Å². The summed E-state index contributed by atoms with van der Waals surface area (Å²) in [5, 5.41) is 0. The van der Waals surface area contributed by atoms with E-state index in [2.05, 4.69) is 4.98 Å². The number of anilines is 1. The fourth-order valence-corrected chi connectivity index (χ4v) is 4.66. The second-order valence-electron chi connectivity index (χ2n) is 9.10. The number of hydrogen-bond donors (Lipinski definition) is 1. The van der Waals surface area contributed by atoms with Crippen LogP contribution in [0.2, 0.25) is 0 Å². The van der Waals surface area contributed by atoms with Crippen LogP contribution in [-0.4, -0.2) is 27.1 Å². The van der Waals surface area contributed by atoms with Crippen molar-refractivity contribution in [2.24, 2.45) is 0 Å². The first-order valence-electron chi connectivity index (χ1n) is 12.1. The standard InChI is InChI=1S/C28H21F5N4O3/c29-20-13-18(28(31,32)33)14-21(30)24(20)40-27(39)36-12-11-19-22(15-36)35-26(34)37(25(19)38)23(16-7-3-1-4-8-16)17-9-5-2-6-10-17/h1-10,13-14,23H,11-12,15H2,(H2,34,35). The Morgan fingerprint density at radius 3 is 2.02 bits per heavy atom. The largest absolute Gasteiger partial charge is 0.416 e. The monoisotopic (exact) mass is 556 g/mol. The summed E-state index contributed by atoms with van der Waals surface area (Å²) in [6, 6.07) is 18.0. The summed E-state index contributed by atoms with van der Waals surface area (Å²) in [4.78, 5) is 31.8. The quantitative estimate of drug-likeness (QED) is 0.344. The maximum Gasteiger partial charge on any atom is 0.416 e. The number of benzene rings is 3. The van der Waals surface area contributed by atoms with Crippen LogP contribution in [0.5, 0.6) is 5.75 Å². The minimum absolute atomic E-state index is 0.0326. The van der Waals surface area contributed by atoms with Crippen molar-refractivity contribution >= 4 is 12.0 Å². The van der Waals surface area contributed by atoms with Gasteiger partial charge in [0.2, 0.25) is 11.7 Å². The van der Waals surface area contributed by atoms with Crippen LogP contribution in [0.25, 0.3) is 0 Å². The second kappa shape index (κ2) is 10.4. The molecule has 12 heteroatoms. The molecule has 0 saturated carbocycles. The van der Waals surface area contributed by atoms with E-state index in [9.17, 15) is 31.5 Å². The first kappa shape index (κ1) is 26.9. The number of amides is 1. The number of hydrogen-bond acceptors (Lipinski definition) is 5. The molecule has 0 saturated heterocycles. The minimum Gasteiger partial charge on any atom is -0.404 e. The van der Waals surface area contributed by atoms with Crippen LogP contribution >= 0.6 is 0 Å². The van der Waals surface area contributed by atoms with Gasteiger partial charge in [0.05, 0.1) is 23.8 Å². The van der Waals surface area contributed by atoms with Crippen molar-refractivity contribution in [2.75, 3.05) is 12.3 Å². The first-order chi connectivity index (χ1) is 19.0. The van der Waals surface area contributed by atoms with Crippen LogP contribution in [0.3, 0.4) is 0 Å². The Balaban J connectivity index is 1.44. The molecule has 0 bridgehead atoms. The molecule has 0 spiro atoms. The molecule has 5 rings (SSSR count). The van der Waals surface area contributed by atoms with Crippen LogP contribution in [0.15, 0.2) is 77.6 Å². The average Bonchev–Trinajstić information content (AvgIpc) is 2.93. The van der Waals surface area contributed by atoms with E-state index in [1.807, 2.05) is 60.7 Å². The van der Waals surface area contributed by atoms with Crippen LogP contribution in [0.1, 0.15) is 34.0 Å². The van der Waals surface area contributed by atoms with E-state index in [0.717, 1.165) is 16.0 Å². The Morgan fingerprint density at radius 1 is 0.950 bits per heavy atom. The molecule has 2 heterocycles. The predicted molar refractivity (Wildman–Crippen MR) is 135 cm³/mol. The van der Waals surface area contributed by atoms with Gasteiger partial charge in [-0.05, 0) is 29.7 Å². The van der Waals surface area contributed by atoms with Crippen LogP contribution in [-0.2, 0) is 19.1 Å². The maximum absolute atomic E-state index is 14.2. The molecular weight excluding hydrogens is 535 g/mol. The minimum atomic E-state index is -4.99. The summed E-state index contributed by atoms with van der Waals surface area (Å²) in [5.41, 5.74) is 6.39. The molecule has 206 valence electrons. The summed E-state index contributed by atoms with van der Waals surface area (Å²) >= 11 is 0. The molecule has 1 aliphatic rings. The molecule has 0 fully saturated rings. The Labute approximate surface area is 224 Å². The highest BCUT2D eigenvalue weighted by Crippen LogP contribution is 2.34. The maximum atomic E-state index is 14.2. The first-order valence-corrected chi connectivity index (χ1v) is 12.1. The third kappa shape index (κ3) is 5.12. The van der Waals surface area contributed by atoms with E-state index >= 15 is 0 Å². The van der Waals surface area contributed by atoms with Crippen molar-refractivity contribution in [1.82, 2.24) is 14.5 Å². The van der Waals surface area contributed by atoms with Crippen molar-refractivity contribution in [3.8, 4) is 5.75 Å². The highest BCUT2D eigenvalue weighted by Gasteiger charge is 2.34. The Kier molecular flexibility index (Phi) is 7.01. The van der Waals surface area contributed by atoms with Gasteiger partial charge in [-0.25, -0.2) is 18.6 Å². The SMILES string of the molecule is Nc1nc2c(c(=O)n1C(c1ccccc1)c1ccccc1)CCN(C(=O)Oc1c(F)cc(C(F)(F)F)cc1F)C2. The third-order valence-corrected chi connectivity index (χ3v) is 6.56. The van der Waals surface area contributed by atoms with E-state index in [1.165, 1.54) is 4.57 Å². The molecule has 1 amide bonds. The van der Waals surface area contributed by atoms with Crippen LogP contribution in [0, 0.1) is 11.6 Å². The van der Waals surface area contributed by atoms with E-state index in [1.54, 1.807) is 0 Å². The molecule has 3 aromatic carbocycles. The third-order valence-electron chi connectivity index (χ3n) is 6.56. The predicted octanol–water partition coefficient (Wildman–Crippen LogP) is 5.32. The summed E-state index contributed by atoms with van der Waals surface area (Å²) in [6.07, 6.45) is -6.18. The van der Waals surface area contributed by atoms with Crippen LogP contribution in [0.4, 0.5) is 32.7 Å². The van der Waals surface area contributed by atoms with Gasteiger partial charge in [0.25, 0.3) is 5.56 Å². The lowest BCUT2D eigenvalue weighted by atomic mass is 9.97.